The number of nitrogens with zero attached hydrogens (tertiary/aromatic N) is 6. The molecular weight excluding hydrogens is 595 g/mol. The Hall–Kier alpha value is -4.28. The number of amides is 2. The van der Waals surface area contributed by atoms with Crippen molar-refractivity contribution in [2.75, 3.05) is 82.8 Å². The molecule has 0 radical (unpaired) electrons. The smallest absolute Gasteiger partial charge is 0.379 e. The zero-order valence-electron chi connectivity index (χ0n) is 25.1. The summed E-state index contributed by atoms with van der Waals surface area (Å²) in [5.74, 6) is -1.42. The molecule has 3 N–H and O–H groups in total. The van der Waals surface area contributed by atoms with Crippen LogP contribution in [-0.4, -0.2) is 114 Å². The second-order valence-electron chi connectivity index (χ2n) is 11.1. The number of rotatable bonds is 9. The Morgan fingerprint density at radius 2 is 1.76 bits per heavy atom. The van der Waals surface area contributed by atoms with Gasteiger partial charge in [-0.15, -0.1) is 5.10 Å². The van der Waals surface area contributed by atoms with E-state index in [2.05, 4.69) is 35.7 Å². The number of pyridine rings is 1. The molecule has 4 heterocycles. The van der Waals surface area contributed by atoms with Crippen LogP contribution in [0.3, 0.4) is 0 Å². The zero-order valence-corrected chi connectivity index (χ0v) is 25.1. The summed E-state index contributed by atoms with van der Waals surface area (Å²) >= 11 is 0. The summed E-state index contributed by atoms with van der Waals surface area (Å²) in [5, 5.41) is 13.7. The minimum Gasteiger partial charge on any atom is -0.379 e. The summed E-state index contributed by atoms with van der Waals surface area (Å²) < 4.78 is 48.0. The van der Waals surface area contributed by atoms with Gasteiger partial charge in [0.1, 0.15) is 0 Å². The summed E-state index contributed by atoms with van der Waals surface area (Å²) in [4.78, 5) is 46.4. The monoisotopic (exact) mass is 631 g/mol. The first-order valence-electron chi connectivity index (χ1n) is 14.7. The minimum atomic E-state index is -4.92. The standard InChI is InChI=1S/C29H36F3N9O4/c1-19-23(41-18-22(36-37-41)28(44)33-6-3-7-39-12-14-45-15-13-39)4-5-24(40-10-8-38(2)9-11-40)26(19)35-27(43)20-17-34-25(42)16-21(20)29(30,31)32/h4-5,16-18H,3,6-15H2,1-2H3,(H,33,44)(H,34,42)(H,35,43). The topological polar surface area (TPSA) is 141 Å². The molecule has 0 bridgehead atoms. The number of alkyl halides is 3. The second-order valence-corrected chi connectivity index (χ2v) is 11.1. The molecule has 0 aliphatic carbocycles. The highest BCUT2D eigenvalue weighted by Gasteiger charge is 2.36. The van der Waals surface area contributed by atoms with Gasteiger partial charge < -0.3 is 30.2 Å². The molecule has 242 valence electrons. The number of benzene rings is 1. The summed E-state index contributed by atoms with van der Waals surface area (Å²) in [5.41, 5.74) is -1.06. The first-order valence-corrected chi connectivity index (χ1v) is 14.7. The number of piperazine rings is 1. The van der Waals surface area contributed by atoms with Crippen LogP contribution in [-0.2, 0) is 10.9 Å². The van der Waals surface area contributed by atoms with Gasteiger partial charge in [0.15, 0.2) is 5.69 Å². The minimum absolute atomic E-state index is 0.0950. The third-order valence-corrected chi connectivity index (χ3v) is 7.98. The Morgan fingerprint density at radius 3 is 2.47 bits per heavy atom. The fourth-order valence-corrected chi connectivity index (χ4v) is 5.38. The molecule has 2 aromatic heterocycles. The van der Waals surface area contributed by atoms with Gasteiger partial charge >= 0.3 is 6.18 Å². The molecule has 0 unspecified atom stereocenters. The maximum absolute atomic E-state index is 13.7. The highest BCUT2D eigenvalue weighted by molar-refractivity contribution is 6.07. The van der Waals surface area contributed by atoms with Gasteiger partial charge in [-0.05, 0) is 39.1 Å². The SMILES string of the molecule is Cc1c(-n2cc(C(=O)NCCCN3CCOCC3)nn2)ccc(N2CCN(C)CC2)c1NC(=O)c1c[nH]c(=O)cc1C(F)(F)F. The molecule has 0 spiro atoms. The van der Waals surface area contributed by atoms with Gasteiger partial charge in [-0.1, -0.05) is 5.21 Å². The van der Waals surface area contributed by atoms with Crippen molar-refractivity contribution in [1.29, 1.82) is 0 Å². The van der Waals surface area contributed by atoms with E-state index in [0.29, 0.717) is 55.9 Å². The van der Waals surface area contributed by atoms with E-state index in [9.17, 15) is 27.6 Å². The van der Waals surface area contributed by atoms with Crippen LogP contribution >= 0.6 is 0 Å². The summed E-state index contributed by atoms with van der Waals surface area (Å²) in [7, 11) is 1.99. The molecule has 2 aliphatic rings. The molecule has 45 heavy (non-hydrogen) atoms. The number of hydrogen-bond acceptors (Lipinski definition) is 9. The van der Waals surface area contributed by atoms with Crippen LogP contribution in [0, 0.1) is 6.92 Å². The van der Waals surface area contributed by atoms with Crippen molar-refractivity contribution in [3.05, 3.63) is 63.3 Å². The van der Waals surface area contributed by atoms with Gasteiger partial charge in [-0.25, -0.2) is 4.68 Å². The summed E-state index contributed by atoms with van der Waals surface area (Å²) in [6, 6.07) is 3.89. The highest BCUT2D eigenvalue weighted by Crippen LogP contribution is 2.36. The molecular formula is C29H36F3N9O4. The van der Waals surface area contributed by atoms with Crippen LogP contribution < -0.4 is 21.1 Å². The lowest BCUT2D eigenvalue weighted by atomic mass is 10.1. The number of aromatic amines is 1. The number of halogens is 3. The van der Waals surface area contributed by atoms with Crippen LogP contribution in [0.1, 0.15) is 38.4 Å². The third-order valence-electron chi connectivity index (χ3n) is 7.98. The lowest BCUT2D eigenvalue weighted by molar-refractivity contribution is -0.138. The molecule has 1 aromatic carbocycles. The highest BCUT2D eigenvalue weighted by atomic mass is 19.4. The molecule has 2 fully saturated rings. The molecule has 13 nitrogen and oxygen atoms in total. The fraction of sp³-hybridized carbons (Fsp3) is 0.483. The maximum atomic E-state index is 13.7. The Bertz CT molecular complexity index is 1580. The quantitative estimate of drug-likeness (QED) is 0.301. The molecule has 0 saturated carbocycles. The number of likely N-dealkylation sites (N-methyl/N-ethyl adjacent to an activating group) is 1. The predicted molar refractivity (Wildman–Crippen MR) is 160 cm³/mol. The number of hydrogen-bond donors (Lipinski definition) is 3. The van der Waals surface area contributed by atoms with Crippen molar-refractivity contribution in [3.63, 3.8) is 0 Å². The Kier molecular flexibility index (Phi) is 9.84. The van der Waals surface area contributed by atoms with E-state index >= 15 is 0 Å². The van der Waals surface area contributed by atoms with Crippen LogP contribution in [0.15, 0.2) is 35.4 Å². The number of aromatic nitrogens is 4. The van der Waals surface area contributed by atoms with Crippen LogP contribution in [0.5, 0.6) is 0 Å². The van der Waals surface area contributed by atoms with E-state index < -0.39 is 28.8 Å². The average molecular weight is 632 g/mol. The van der Waals surface area contributed by atoms with Crippen LogP contribution in [0.4, 0.5) is 24.5 Å². The van der Waals surface area contributed by atoms with Crippen LogP contribution in [0.2, 0.25) is 0 Å². The lowest BCUT2D eigenvalue weighted by Gasteiger charge is -2.35. The van der Waals surface area contributed by atoms with Crippen molar-refractivity contribution in [1.82, 2.24) is 35.1 Å². The number of carbonyl (C=O) groups is 2. The predicted octanol–water partition coefficient (Wildman–Crippen LogP) is 1.74. The van der Waals surface area contributed by atoms with Crippen molar-refractivity contribution in [2.45, 2.75) is 19.5 Å². The largest absolute Gasteiger partial charge is 0.417 e. The number of nitrogens with one attached hydrogen (secondary N) is 3. The average Bonchev–Trinajstić information content (AvgIpc) is 3.51. The number of morpholine rings is 1. The van der Waals surface area contributed by atoms with Gasteiger partial charge in [-0.3, -0.25) is 19.3 Å². The van der Waals surface area contributed by atoms with Crippen molar-refractivity contribution in [3.8, 4) is 5.69 Å². The first-order chi connectivity index (χ1) is 21.5. The Balaban J connectivity index is 1.38. The number of anilines is 2. The molecule has 0 atom stereocenters. The van der Waals surface area contributed by atoms with Crippen molar-refractivity contribution < 1.29 is 27.5 Å². The third kappa shape index (κ3) is 7.69. The van der Waals surface area contributed by atoms with E-state index in [4.69, 9.17) is 4.74 Å². The number of carbonyl (C=O) groups excluding carboxylic acids is 2. The number of ether oxygens (including phenoxy) is 1. The molecule has 16 heteroatoms. The lowest BCUT2D eigenvalue weighted by Crippen LogP contribution is -2.44. The molecule has 2 aliphatic heterocycles. The Labute approximate surface area is 257 Å². The van der Waals surface area contributed by atoms with Gasteiger partial charge in [-0.2, -0.15) is 13.2 Å². The van der Waals surface area contributed by atoms with Gasteiger partial charge in [0.25, 0.3) is 11.8 Å². The maximum Gasteiger partial charge on any atom is 0.417 e. The van der Waals surface area contributed by atoms with Crippen molar-refractivity contribution >= 4 is 23.2 Å². The van der Waals surface area contributed by atoms with E-state index in [-0.39, 0.29) is 17.3 Å². The summed E-state index contributed by atoms with van der Waals surface area (Å²) in [6.07, 6.45) is -1.93. The zero-order chi connectivity index (χ0) is 32.1. The van der Waals surface area contributed by atoms with Crippen LogP contribution in [0.25, 0.3) is 5.69 Å². The van der Waals surface area contributed by atoms with Crippen molar-refractivity contribution in [2.24, 2.45) is 0 Å². The van der Waals surface area contributed by atoms with E-state index in [1.165, 1.54) is 10.9 Å². The van der Waals surface area contributed by atoms with Gasteiger partial charge in [0, 0.05) is 63.6 Å². The molecule has 2 amide bonds. The second kappa shape index (κ2) is 13.8. The molecule has 5 rings (SSSR count). The van der Waals surface area contributed by atoms with Gasteiger partial charge in [0.05, 0.1) is 47.6 Å². The number of H-pyrrole nitrogens is 1. The normalized spacial score (nSPS) is 16.5. The summed E-state index contributed by atoms with van der Waals surface area (Å²) in [6.45, 7) is 8.91. The van der Waals surface area contributed by atoms with E-state index in [1.807, 2.05) is 11.9 Å². The van der Waals surface area contributed by atoms with E-state index in [0.717, 1.165) is 45.3 Å². The van der Waals surface area contributed by atoms with Gasteiger partial charge in [0.2, 0.25) is 5.56 Å². The van der Waals surface area contributed by atoms with E-state index in [1.54, 1.807) is 19.1 Å². The molecule has 2 saturated heterocycles. The first kappa shape index (κ1) is 32.1. The molecule has 3 aromatic rings. The fourth-order valence-electron chi connectivity index (χ4n) is 5.38. The Morgan fingerprint density at radius 1 is 1.04 bits per heavy atom.